The molecule has 1 aromatic carbocycles. The maximum atomic E-state index is 4.81. The third-order valence-corrected chi connectivity index (χ3v) is 6.10. The third kappa shape index (κ3) is 4.18. The molecular weight excluding hydrogens is 334 g/mol. The summed E-state index contributed by atoms with van der Waals surface area (Å²) in [6, 6.07) is 9.18. The van der Waals surface area contributed by atoms with E-state index >= 15 is 0 Å². The van der Waals surface area contributed by atoms with E-state index in [2.05, 4.69) is 52.1 Å². The Hall–Kier alpha value is -2.30. The average Bonchev–Trinajstić information content (AvgIpc) is 2.71. The minimum absolute atomic E-state index is 0.537. The normalized spacial score (nSPS) is 18.6. The summed E-state index contributed by atoms with van der Waals surface area (Å²) in [6.07, 6.45) is 8.37. The van der Waals surface area contributed by atoms with E-state index in [1.807, 2.05) is 12.3 Å². The van der Waals surface area contributed by atoms with Gasteiger partial charge in [-0.25, -0.2) is 4.98 Å². The van der Waals surface area contributed by atoms with Gasteiger partial charge >= 0.3 is 0 Å². The standard InChI is InChI=1S/C22H31N5/c1-17-7-6-10-20(18(17)2)26-13-15-27(16-14-26)21-11-12-23-22(25-21)24-19-8-4-3-5-9-19/h6-7,10-12,19H,3-5,8-9,13-16H2,1-2H3,(H,23,24,25). The first-order valence-corrected chi connectivity index (χ1v) is 10.4. The van der Waals surface area contributed by atoms with Gasteiger partial charge in [-0.3, -0.25) is 0 Å². The number of anilines is 3. The summed E-state index contributed by atoms with van der Waals surface area (Å²) in [6.45, 7) is 8.46. The van der Waals surface area contributed by atoms with Crippen LogP contribution in [0, 0.1) is 13.8 Å². The molecule has 1 N–H and O–H groups in total. The van der Waals surface area contributed by atoms with Crippen molar-refractivity contribution >= 4 is 17.5 Å². The first-order chi connectivity index (χ1) is 13.2. The van der Waals surface area contributed by atoms with Crippen LogP contribution in [0.15, 0.2) is 30.5 Å². The van der Waals surface area contributed by atoms with Crippen LogP contribution < -0.4 is 15.1 Å². The lowest BCUT2D eigenvalue weighted by atomic mass is 9.96. The van der Waals surface area contributed by atoms with Crippen LogP contribution in [0.3, 0.4) is 0 Å². The van der Waals surface area contributed by atoms with Crippen molar-refractivity contribution in [3.63, 3.8) is 0 Å². The monoisotopic (exact) mass is 365 g/mol. The van der Waals surface area contributed by atoms with E-state index in [4.69, 9.17) is 4.98 Å². The van der Waals surface area contributed by atoms with E-state index in [0.29, 0.717) is 6.04 Å². The van der Waals surface area contributed by atoms with E-state index in [0.717, 1.165) is 37.9 Å². The molecule has 1 saturated carbocycles. The second-order valence-electron chi connectivity index (χ2n) is 7.91. The largest absolute Gasteiger partial charge is 0.368 e. The molecule has 5 nitrogen and oxygen atoms in total. The number of piperazine rings is 1. The van der Waals surface area contributed by atoms with E-state index in [1.165, 1.54) is 48.9 Å². The third-order valence-electron chi connectivity index (χ3n) is 6.10. The molecule has 144 valence electrons. The van der Waals surface area contributed by atoms with Crippen LogP contribution >= 0.6 is 0 Å². The van der Waals surface area contributed by atoms with Crippen molar-refractivity contribution in [2.75, 3.05) is 41.3 Å². The highest BCUT2D eigenvalue weighted by Gasteiger charge is 2.21. The highest BCUT2D eigenvalue weighted by molar-refractivity contribution is 5.57. The zero-order chi connectivity index (χ0) is 18.6. The minimum Gasteiger partial charge on any atom is -0.368 e. The summed E-state index contributed by atoms with van der Waals surface area (Å²) < 4.78 is 0. The number of rotatable bonds is 4. The van der Waals surface area contributed by atoms with Gasteiger partial charge in [0.1, 0.15) is 5.82 Å². The quantitative estimate of drug-likeness (QED) is 0.881. The minimum atomic E-state index is 0.537. The number of aromatic nitrogens is 2. The van der Waals surface area contributed by atoms with Gasteiger partial charge in [0.05, 0.1) is 0 Å². The van der Waals surface area contributed by atoms with Crippen molar-refractivity contribution in [3.05, 3.63) is 41.6 Å². The van der Waals surface area contributed by atoms with Gasteiger partial charge < -0.3 is 15.1 Å². The summed E-state index contributed by atoms with van der Waals surface area (Å²) >= 11 is 0. The lowest BCUT2D eigenvalue weighted by molar-refractivity contribution is 0.461. The van der Waals surface area contributed by atoms with E-state index < -0.39 is 0 Å². The first kappa shape index (κ1) is 18.1. The lowest BCUT2D eigenvalue weighted by Crippen LogP contribution is -2.47. The Bertz CT molecular complexity index is 761. The number of aryl methyl sites for hydroxylation is 1. The molecule has 5 heteroatoms. The van der Waals surface area contributed by atoms with Gasteiger partial charge in [0, 0.05) is 44.1 Å². The SMILES string of the molecule is Cc1cccc(N2CCN(c3ccnc(NC4CCCCC4)n3)CC2)c1C. The number of hydrogen-bond donors (Lipinski definition) is 1. The summed E-state index contributed by atoms with van der Waals surface area (Å²) in [7, 11) is 0. The molecule has 0 unspecified atom stereocenters. The Kier molecular flexibility index (Phi) is 5.46. The second kappa shape index (κ2) is 8.15. The van der Waals surface area contributed by atoms with Crippen LogP contribution in [0.4, 0.5) is 17.5 Å². The zero-order valence-electron chi connectivity index (χ0n) is 16.6. The van der Waals surface area contributed by atoms with Crippen molar-refractivity contribution in [2.24, 2.45) is 0 Å². The van der Waals surface area contributed by atoms with Crippen molar-refractivity contribution in [3.8, 4) is 0 Å². The molecule has 2 aromatic rings. The lowest BCUT2D eigenvalue weighted by Gasteiger charge is -2.37. The summed E-state index contributed by atoms with van der Waals surface area (Å²) in [4.78, 5) is 14.1. The molecule has 0 bridgehead atoms. The summed E-state index contributed by atoms with van der Waals surface area (Å²) in [5.41, 5.74) is 4.13. The van der Waals surface area contributed by atoms with Gasteiger partial charge in [-0.15, -0.1) is 0 Å². The second-order valence-corrected chi connectivity index (χ2v) is 7.91. The highest BCUT2D eigenvalue weighted by Crippen LogP contribution is 2.25. The van der Waals surface area contributed by atoms with Crippen molar-refractivity contribution in [1.82, 2.24) is 9.97 Å². The molecule has 4 rings (SSSR count). The Labute approximate surface area is 162 Å². The maximum absolute atomic E-state index is 4.81. The fourth-order valence-corrected chi connectivity index (χ4v) is 4.28. The Morgan fingerprint density at radius 2 is 1.67 bits per heavy atom. The molecular formula is C22H31N5. The zero-order valence-corrected chi connectivity index (χ0v) is 16.6. The van der Waals surface area contributed by atoms with Crippen molar-refractivity contribution in [2.45, 2.75) is 52.0 Å². The van der Waals surface area contributed by atoms with Gasteiger partial charge in [0.25, 0.3) is 0 Å². The molecule has 1 aliphatic carbocycles. The molecule has 0 radical (unpaired) electrons. The van der Waals surface area contributed by atoms with Crippen LogP contribution in [-0.4, -0.2) is 42.2 Å². The molecule has 2 aliphatic rings. The van der Waals surface area contributed by atoms with Crippen LogP contribution in [0.5, 0.6) is 0 Å². The van der Waals surface area contributed by atoms with Gasteiger partial charge in [-0.05, 0) is 49.9 Å². The van der Waals surface area contributed by atoms with Crippen LogP contribution in [-0.2, 0) is 0 Å². The molecule has 1 aliphatic heterocycles. The summed E-state index contributed by atoms with van der Waals surface area (Å²) in [5, 5.41) is 3.55. The highest BCUT2D eigenvalue weighted by atomic mass is 15.3. The molecule has 1 aromatic heterocycles. The molecule has 0 spiro atoms. The van der Waals surface area contributed by atoms with Crippen molar-refractivity contribution < 1.29 is 0 Å². The topological polar surface area (TPSA) is 44.3 Å². The summed E-state index contributed by atoms with van der Waals surface area (Å²) in [5.74, 6) is 1.83. The predicted molar refractivity (Wildman–Crippen MR) is 113 cm³/mol. The fraction of sp³-hybridized carbons (Fsp3) is 0.545. The smallest absolute Gasteiger partial charge is 0.224 e. The van der Waals surface area contributed by atoms with Crippen LogP contribution in [0.1, 0.15) is 43.2 Å². The molecule has 2 heterocycles. The fourth-order valence-electron chi connectivity index (χ4n) is 4.28. The van der Waals surface area contributed by atoms with Crippen LogP contribution in [0.2, 0.25) is 0 Å². The first-order valence-electron chi connectivity index (χ1n) is 10.4. The molecule has 1 saturated heterocycles. The maximum Gasteiger partial charge on any atom is 0.224 e. The van der Waals surface area contributed by atoms with Crippen LogP contribution in [0.25, 0.3) is 0 Å². The number of hydrogen-bond acceptors (Lipinski definition) is 5. The van der Waals surface area contributed by atoms with Gasteiger partial charge in [-0.1, -0.05) is 31.4 Å². The number of nitrogens with zero attached hydrogens (tertiary/aromatic N) is 4. The molecule has 27 heavy (non-hydrogen) atoms. The van der Waals surface area contributed by atoms with Gasteiger partial charge in [0.15, 0.2) is 0 Å². The van der Waals surface area contributed by atoms with Gasteiger partial charge in [-0.2, -0.15) is 4.98 Å². The van der Waals surface area contributed by atoms with E-state index in [1.54, 1.807) is 0 Å². The molecule has 0 amide bonds. The van der Waals surface area contributed by atoms with E-state index in [-0.39, 0.29) is 0 Å². The Morgan fingerprint density at radius 1 is 0.926 bits per heavy atom. The number of benzene rings is 1. The van der Waals surface area contributed by atoms with E-state index in [9.17, 15) is 0 Å². The average molecular weight is 366 g/mol. The van der Waals surface area contributed by atoms with Crippen molar-refractivity contribution in [1.29, 1.82) is 0 Å². The predicted octanol–water partition coefficient (Wildman–Crippen LogP) is 4.16. The van der Waals surface area contributed by atoms with Gasteiger partial charge in [0.2, 0.25) is 5.95 Å². The number of nitrogens with one attached hydrogen (secondary N) is 1. The molecule has 0 atom stereocenters. The molecule has 2 fully saturated rings. The Morgan fingerprint density at radius 3 is 2.44 bits per heavy atom. The Balaban J connectivity index is 1.39.